The number of fused-ring (bicyclic) bond motifs is 2. The van der Waals surface area contributed by atoms with Crippen LogP contribution in [0.4, 0.5) is 0 Å². The lowest BCUT2D eigenvalue weighted by molar-refractivity contribution is 0.0628. The van der Waals surface area contributed by atoms with E-state index in [9.17, 15) is 9.59 Å². The standard InChI is InChI=1S/C29H26N4O3/c1-20-26(34)23-10-7-11-24(28(23)36-27(20)21-8-3-2-4-9-21)29(35)32-16-14-31(15-17-32)18-22-19-33-13-6-5-12-25(33)30-22/h2-13,19H,14-18H2,1H3. The minimum atomic E-state index is -0.112. The minimum Gasteiger partial charge on any atom is -0.455 e. The van der Waals surface area contributed by atoms with Crippen LogP contribution < -0.4 is 5.43 Å². The van der Waals surface area contributed by atoms with Crippen molar-refractivity contribution in [1.82, 2.24) is 19.2 Å². The molecule has 0 bridgehead atoms. The Hall–Kier alpha value is -4.23. The predicted octanol–water partition coefficient (Wildman–Crippen LogP) is 4.37. The number of amides is 1. The number of para-hydroxylation sites is 1. The molecule has 5 aromatic rings. The summed E-state index contributed by atoms with van der Waals surface area (Å²) in [4.78, 5) is 35.6. The Bertz CT molecular complexity index is 1600. The van der Waals surface area contributed by atoms with Crippen LogP contribution in [0, 0.1) is 6.92 Å². The molecule has 3 aromatic heterocycles. The van der Waals surface area contributed by atoms with Crippen molar-refractivity contribution in [1.29, 1.82) is 0 Å². The summed E-state index contributed by atoms with van der Waals surface area (Å²) >= 11 is 0. The maximum atomic E-state index is 13.6. The quantitative estimate of drug-likeness (QED) is 0.384. The number of rotatable bonds is 4. The Morgan fingerprint density at radius 2 is 1.72 bits per heavy atom. The molecule has 180 valence electrons. The van der Waals surface area contributed by atoms with Crippen molar-refractivity contribution in [3.05, 3.63) is 106 Å². The highest BCUT2D eigenvalue weighted by atomic mass is 16.3. The highest BCUT2D eigenvalue weighted by Gasteiger charge is 2.26. The van der Waals surface area contributed by atoms with Gasteiger partial charge in [-0.1, -0.05) is 42.5 Å². The molecule has 0 N–H and O–H groups in total. The molecule has 1 saturated heterocycles. The molecular formula is C29H26N4O3. The zero-order valence-corrected chi connectivity index (χ0v) is 20.1. The second kappa shape index (κ2) is 9.09. The van der Waals surface area contributed by atoms with Crippen molar-refractivity contribution < 1.29 is 9.21 Å². The lowest BCUT2D eigenvalue weighted by atomic mass is 10.0. The Morgan fingerprint density at radius 3 is 2.50 bits per heavy atom. The topological polar surface area (TPSA) is 71.1 Å². The molecule has 0 spiro atoms. The van der Waals surface area contributed by atoms with Gasteiger partial charge in [-0.05, 0) is 31.2 Å². The van der Waals surface area contributed by atoms with Crippen LogP contribution in [-0.4, -0.2) is 51.3 Å². The van der Waals surface area contributed by atoms with E-state index >= 15 is 0 Å². The second-order valence-corrected chi connectivity index (χ2v) is 9.20. The average Bonchev–Trinajstić information content (AvgIpc) is 3.33. The monoisotopic (exact) mass is 478 g/mol. The molecule has 0 unspecified atom stereocenters. The third-order valence-corrected chi connectivity index (χ3v) is 6.87. The number of carbonyl (C=O) groups is 1. The number of imidazole rings is 1. The smallest absolute Gasteiger partial charge is 0.257 e. The molecule has 0 saturated carbocycles. The maximum Gasteiger partial charge on any atom is 0.257 e. The number of pyridine rings is 1. The number of nitrogens with zero attached hydrogens (tertiary/aromatic N) is 4. The fourth-order valence-corrected chi connectivity index (χ4v) is 4.91. The first-order valence-electron chi connectivity index (χ1n) is 12.1. The van der Waals surface area contributed by atoms with E-state index in [0.29, 0.717) is 40.9 Å². The van der Waals surface area contributed by atoms with Crippen LogP contribution >= 0.6 is 0 Å². The molecule has 36 heavy (non-hydrogen) atoms. The Morgan fingerprint density at radius 1 is 0.944 bits per heavy atom. The van der Waals surface area contributed by atoms with Gasteiger partial charge in [0, 0.05) is 56.2 Å². The number of piperazine rings is 1. The normalized spacial score (nSPS) is 14.5. The van der Waals surface area contributed by atoms with Crippen molar-refractivity contribution >= 4 is 22.5 Å². The number of hydrogen-bond acceptors (Lipinski definition) is 5. The van der Waals surface area contributed by atoms with Gasteiger partial charge in [-0.3, -0.25) is 14.5 Å². The first-order chi connectivity index (χ1) is 17.6. The van der Waals surface area contributed by atoms with E-state index in [4.69, 9.17) is 4.42 Å². The summed E-state index contributed by atoms with van der Waals surface area (Å²) < 4.78 is 8.29. The Balaban J connectivity index is 1.24. The van der Waals surface area contributed by atoms with E-state index in [1.807, 2.05) is 64.0 Å². The van der Waals surface area contributed by atoms with E-state index in [0.717, 1.165) is 36.5 Å². The van der Waals surface area contributed by atoms with Crippen LogP contribution in [-0.2, 0) is 6.54 Å². The van der Waals surface area contributed by atoms with Gasteiger partial charge >= 0.3 is 0 Å². The summed E-state index contributed by atoms with van der Waals surface area (Å²) in [5.74, 6) is 0.393. The van der Waals surface area contributed by atoms with Crippen LogP contribution in [0.15, 0.2) is 88.3 Å². The first-order valence-corrected chi connectivity index (χ1v) is 12.1. The highest BCUT2D eigenvalue weighted by Crippen LogP contribution is 2.28. The van der Waals surface area contributed by atoms with Crippen molar-refractivity contribution in [2.75, 3.05) is 26.2 Å². The molecule has 1 aliphatic rings. The number of benzene rings is 2. The van der Waals surface area contributed by atoms with Gasteiger partial charge in [0.05, 0.1) is 16.6 Å². The van der Waals surface area contributed by atoms with Crippen LogP contribution in [0.25, 0.3) is 27.9 Å². The van der Waals surface area contributed by atoms with Gasteiger partial charge in [0.2, 0.25) is 0 Å². The molecule has 7 heteroatoms. The number of carbonyl (C=O) groups excluding carboxylic acids is 1. The SMILES string of the molecule is Cc1c(-c2ccccc2)oc2c(C(=O)N3CCN(Cc4cn5ccccc5n4)CC3)cccc2c1=O. The minimum absolute atomic E-state index is 0.109. The van der Waals surface area contributed by atoms with E-state index in [1.165, 1.54) is 0 Å². The molecule has 1 amide bonds. The van der Waals surface area contributed by atoms with E-state index in [2.05, 4.69) is 16.1 Å². The van der Waals surface area contributed by atoms with Gasteiger partial charge in [-0.15, -0.1) is 0 Å². The van der Waals surface area contributed by atoms with Gasteiger partial charge in [-0.25, -0.2) is 4.98 Å². The molecule has 7 nitrogen and oxygen atoms in total. The lowest BCUT2D eigenvalue weighted by Gasteiger charge is -2.34. The van der Waals surface area contributed by atoms with Crippen LogP contribution in [0.2, 0.25) is 0 Å². The molecule has 2 aromatic carbocycles. The molecule has 1 fully saturated rings. The number of hydrogen-bond donors (Lipinski definition) is 0. The fourth-order valence-electron chi connectivity index (χ4n) is 4.91. The second-order valence-electron chi connectivity index (χ2n) is 9.20. The summed E-state index contributed by atoms with van der Waals surface area (Å²) in [6, 6.07) is 20.7. The molecule has 6 rings (SSSR count). The summed E-state index contributed by atoms with van der Waals surface area (Å²) in [5.41, 5.74) is 3.97. The largest absolute Gasteiger partial charge is 0.455 e. The molecule has 0 atom stereocenters. The van der Waals surface area contributed by atoms with Crippen LogP contribution in [0.1, 0.15) is 21.6 Å². The zero-order valence-electron chi connectivity index (χ0n) is 20.1. The van der Waals surface area contributed by atoms with Gasteiger partial charge in [0.15, 0.2) is 11.0 Å². The van der Waals surface area contributed by atoms with Gasteiger partial charge in [0.1, 0.15) is 11.4 Å². The summed E-state index contributed by atoms with van der Waals surface area (Å²) in [6.07, 6.45) is 4.05. The van der Waals surface area contributed by atoms with Gasteiger partial charge < -0.3 is 13.7 Å². The van der Waals surface area contributed by atoms with E-state index < -0.39 is 0 Å². The Kier molecular flexibility index (Phi) is 5.62. The van der Waals surface area contributed by atoms with Crippen LogP contribution in [0.3, 0.4) is 0 Å². The van der Waals surface area contributed by atoms with Crippen LogP contribution in [0.5, 0.6) is 0 Å². The van der Waals surface area contributed by atoms with Gasteiger partial charge in [-0.2, -0.15) is 0 Å². The van der Waals surface area contributed by atoms with Crippen molar-refractivity contribution in [3.63, 3.8) is 0 Å². The molecular weight excluding hydrogens is 452 g/mol. The summed E-state index contributed by atoms with van der Waals surface area (Å²) in [7, 11) is 0. The lowest BCUT2D eigenvalue weighted by Crippen LogP contribution is -2.48. The third-order valence-electron chi connectivity index (χ3n) is 6.87. The van der Waals surface area contributed by atoms with E-state index in [1.54, 1.807) is 25.1 Å². The van der Waals surface area contributed by atoms with Crippen molar-refractivity contribution in [3.8, 4) is 11.3 Å². The highest BCUT2D eigenvalue weighted by molar-refractivity contribution is 6.05. The molecule has 0 aliphatic carbocycles. The number of aromatic nitrogens is 2. The average molecular weight is 479 g/mol. The predicted molar refractivity (Wildman–Crippen MR) is 139 cm³/mol. The summed E-state index contributed by atoms with van der Waals surface area (Å²) in [5, 5.41) is 0.434. The van der Waals surface area contributed by atoms with Crippen molar-refractivity contribution in [2.24, 2.45) is 0 Å². The third kappa shape index (κ3) is 3.97. The first kappa shape index (κ1) is 22.2. The fraction of sp³-hybridized carbons (Fsp3) is 0.207. The van der Waals surface area contributed by atoms with Crippen molar-refractivity contribution in [2.45, 2.75) is 13.5 Å². The summed E-state index contributed by atoms with van der Waals surface area (Å²) in [6.45, 7) is 5.22. The maximum absolute atomic E-state index is 13.6. The molecule has 0 radical (unpaired) electrons. The molecule has 1 aliphatic heterocycles. The van der Waals surface area contributed by atoms with E-state index in [-0.39, 0.29) is 11.3 Å². The Labute approximate surface area is 208 Å². The zero-order chi connectivity index (χ0) is 24.6. The molecule has 4 heterocycles. The van der Waals surface area contributed by atoms with Gasteiger partial charge in [0.25, 0.3) is 5.91 Å².